The lowest BCUT2D eigenvalue weighted by Crippen LogP contribution is -2.37. The zero-order valence-electron chi connectivity index (χ0n) is 14.9. The molecule has 1 aromatic carbocycles. The van der Waals surface area contributed by atoms with Gasteiger partial charge in [0.1, 0.15) is 0 Å². The Kier molecular flexibility index (Phi) is 7.69. The molecule has 0 radical (unpaired) electrons. The third kappa shape index (κ3) is 5.40. The van der Waals surface area contributed by atoms with Gasteiger partial charge in [0.2, 0.25) is 0 Å². The molecule has 2 rings (SSSR count). The molecule has 1 saturated heterocycles. The van der Waals surface area contributed by atoms with Crippen LogP contribution in [-0.4, -0.2) is 43.8 Å². The molecule has 0 aromatic heterocycles. The molecule has 0 amide bonds. The molecule has 1 aliphatic rings. The predicted molar refractivity (Wildman–Crippen MR) is 95.4 cm³/mol. The minimum Gasteiger partial charge on any atom is -0.490 e. The second kappa shape index (κ2) is 9.78. The maximum Gasteiger partial charge on any atom is 0.161 e. The van der Waals surface area contributed by atoms with Crippen molar-refractivity contribution in [2.24, 2.45) is 0 Å². The summed E-state index contributed by atoms with van der Waals surface area (Å²) in [6, 6.07) is 6.96. The minimum atomic E-state index is 0.660. The summed E-state index contributed by atoms with van der Waals surface area (Å²) in [7, 11) is 0. The molecule has 1 N–H and O–H groups in total. The largest absolute Gasteiger partial charge is 0.490 e. The van der Waals surface area contributed by atoms with Crippen LogP contribution in [0.4, 0.5) is 0 Å². The van der Waals surface area contributed by atoms with Crippen LogP contribution < -0.4 is 14.8 Å². The Balaban J connectivity index is 1.88. The molecular weight excluding hydrogens is 288 g/mol. The first-order valence-electron chi connectivity index (χ1n) is 9.11. The highest BCUT2D eigenvalue weighted by Crippen LogP contribution is 2.28. The highest BCUT2D eigenvalue weighted by Gasteiger charge is 2.22. The van der Waals surface area contributed by atoms with E-state index in [0.717, 1.165) is 44.2 Å². The van der Waals surface area contributed by atoms with Crippen molar-refractivity contribution in [3.05, 3.63) is 23.8 Å². The second-order valence-electron chi connectivity index (χ2n) is 6.12. The van der Waals surface area contributed by atoms with Crippen LogP contribution in [0.1, 0.15) is 45.6 Å². The number of nitrogens with one attached hydrogen (secondary N) is 1. The summed E-state index contributed by atoms with van der Waals surface area (Å²) in [6.45, 7) is 12.1. The molecule has 4 heteroatoms. The molecule has 1 atom stereocenters. The number of ether oxygens (including phenoxy) is 2. The van der Waals surface area contributed by atoms with E-state index in [2.05, 4.69) is 36.2 Å². The number of benzene rings is 1. The Bertz CT molecular complexity index is 465. The van der Waals surface area contributed by atoms with E-state index in [1.807, 2.05) is 13.0 Å². The Morgan fingerprint density at radius 1 is 1.17 bits per heavy atom. The molecule has 0 saturated carbocycles. The van der Waals surface area contributed by atoms with Crippen molar-refractivity contribution in [3.63, 3.8) is 0 Å². The average molecular weight is 320 g/mol. The number of hydrogen-bond donors (Lipinski definition) is 1. The summed E-state index contributed by atoms with van der Waals surface area (Å²) in [4.78, 5) is 2.57. The molecule has 0 spiro atoms. The summed E-state index contributed by atoms with van der Waals surface area (Å²) in [5.41, 5.74) is 1.25. The predicted octanol–water partition coefficient (Wildman–Crippen LogP) is 3.45. The van der Waals surface area contributed by atoms with Gasteiger partial charge in [0.15, 0.2) is 11.5 Å². The molecule has 0 aliphatic carbocycles. The van der Waals surface area contributed by atoms with Crippen LogP contribution in [0, 0.1) is 0 Å². The van der Waals surface area contributed by atoms with E-state index in [4.69, 9.17) is 9.47 Å². The van der Waals surface area contributed by atoms with Gasteiger partial charge in [-0.05, 0) is 57.0 Å². The lowest BCUT2D eigenvalue weighted by molar-refractivity contribution is 0.259. The van der Waals surface area contributed by atoms with E-state index in [0.29, 0.717) is 12.6 Å². The first-order valence-corrected chi connectivity index (χ1v) is 9.11. The minimum absolute atomic E-state index is 0.660. The van der Waals surface area contributed by atoms with Gasteiger partial charge in [0.25, 0.3) is 0 Å². The fraction of sp³-hybridized carbons (Fsp3) is 0.684. The maximum atomic E-state index is 5.76. The van der Waals surface area contributed by atoms with Gasteiger partial charge in [0.05, 0.1) is 13.2 Å². The topological polar surface area (TPSA) is 33.7 Å². The summed E-state index contributed by atoms with van der Waals surface area (Å²) in [5.74, 6) is 1.71. The standard InChI is InChI=1S/C19H32N2O2/c1-4-12-23-18-10-9-16(13-19(18)22-6-3)14-20-15-17-8-7-11-21(17)5-2/h9-10,13,17,20H,4-8,11-12,14-15H2,1-3H3/t17-/m1/s1. The first-order chi connectivity index (χ1) is 11.3. The Morgan fingerprint density at radius 2 is 2.04 bits per heavy atom. The third-order valence-electron chi connectivity index (χ3n) is 4.38. The van der Waals surface area contributed by atoms with Gasteiger partial charge in [-0.2, -0.15) is 0 Å². The van der Waals surface area contributed by atoms with E-state index >= 15 is 0 Å². The van der Waals surface area contributed by atoms with Crippen LogP contribution in [0.5, 0.6) is 11.5 Å². The van der Waals surface area contributed by atoms with Gasteiger partial charge in [0, 0.05) is 19.1 Å². The van der Waals surface area contributed by atoms with Gasteiger partial charge >= 0.3 is 0 Å². The molecule has 1 heterocycles. The summed E-state index contributed by atoms with van der Waals surface area (Å²) < 4.78 is 11.5. The molecule has 0 unspecified atom stereocenters. The van der Waals surface area contributed by atoms with Crippen LogP contribution in [0.3, 0.4) is 0 Å². The third-order valence-corrected chi connectivity index (χ3v) is 4.38. The van der Waals surface area contributed by atoms with Gasteiger partial charge in [-0.3, -0.25) is 4.90 Å². The van der Waals surface area contributed by atoms with Crippen molar-refractivity contribution >= 4 is 0 Å². The SMILES string of the molecule is CCCOc1ccc(CNC[C@H]2CCCN2CC)cc1OCC. The maximum absolute atomic E-state index is 5.76. The zero-order chi connectivity index (χ0) is 16.5. The van der Waals surface area contributed by atoms with E-state index in [1.165, 1.54) is 24.9 Å². The lowest BCUT2D eigenvalue weighted by atomic mass is 10.1. The lowest BCUT2D eigenvalue weighted by Gasteiger charge is -2.23. The number of hydrogen-bond acceptors (Lipinski definition) is 4. The monoisotopic (exact) mass is 320 g/mol. The number of likely N-dealkylation sites (tertiary alicyclic amines) is 1. The summed E-state index contributed by atoms with van der Waals surface area (Å²) in [5, 5.41) is 3.60. The number of rotatable bonds is 10. The normalized spacial score (nSPS) is 18.3. The van der Waals surface area contributed by atoms with E-state index in [9.17, 15) is 0 Å². The molecular formula is C19H32N2O2. The van der Waals surface area contributed by atoms with Crippen molar-refractivity contribution in [2.75, 3.05) is 32.8 Å². The van der Waals surface area contributed by atoms with Crippen LogP contribution in [0.25, 0.3) is 0 Å². The van der Waals surface area contributed by atoms with Crippen molar-refractivity contribution < 1.29 is 9.47 Å². The van der Waals surface area contributed by atoms with Crippen molar-refractivity contribution in [1.29, 1.82) is 0 Å². The van der Waals surface area contributed by atoms with Gasteiger partial charge in [-0.15, -0.1) is 0 Å². The molecule has 4 nitrogen and oxygen atoms in total. The highest BCUT2D eigenvalue weighted by atomic mass is 16.5. The van der Waals surface area contributed by atoms with E-state index in [1.54, 1.807) is 0 Å². The summed E-state index contributed by atoms with van der Waals surface area (Å²) >= 11 is 0. The fourth-order valence-electron chi connectivity index (χ4n) is 3.19. The van der Waals surface area contributed by atoms with Gasteiger partial charge in [-0.25, -0.2) is 0 Å². The number of likely N-dealkylation sites (N-methyl/N-ethyl adjacent to an activating group) is 1. The van der Waals surface area contributed by atoms with Crippen molar-refractivity contribution in [3.8, 4) is 11.5 Å². The molecule has 0 bridgehead atoms. The molecule has 1 fully saturated rings. The van der Waals surface area contributed by atoms with Crippen LogP contribution >= 0.6 is 0 Å². The van der Waals surface area contributed by atoms with Crippen LogP contribution in [-0.2, 0) is 6.54 Å². The van der Waals surface area contributed by atoms with E-state index < -0.39 is 0 Å². The Hall–Kier alpha value is -1.26. The van der Waals surface area contributed by atoms with E-state index in [-0.39, 0.29) is 0 Å². The molecule has 1 aliphatic heterocycles. The fourth-order valence-corrected chi connectivity index (χ4v) is 3.19. The van der Waals surface area contributed by atoms with Crippen molar-refractivity contribution in [2.45, 2.75) is 52.6 Å². The average Bonchev–Trinajstić information content (AvgIpc) is 3.02. The molecule has 23 heavy (non-hydrogen) atoms. The quantitative estimate of drug-likeness (QED) is 0.716. The second-order valence-corrected chi connectivity index (χ2v) is 6.12. The Morgan fingerprint density at radius 3 is 2.78 bits per heavy atom. The zero-order valence-corrected chi connectivity index (χ0v) is 14.9. The molecule has 130 valence electrons. The van der Waals surface area contributed by atoms with Gasteiger partial charge in [-0.1, -0.05) is 19.9 Å². The molecule has 1 aromatic rings. The van der Waals surface area contributed by atoms with Crippen LogP contribution in [0.2, 0.25) is 0 Å². The van der Waals surface area contributed by atoms with Crippen LogP contribution in [0.15, 0.2) is 18.2 Å². The van der Waals surface area contributed by atoms with Gasteiger partial charge < -0.3 is 14.8 Å². The first kappa shape index (κ1) is 18.1. The smallest absolute Gasteiger partial charge is 0.161 e. The highest BCUT2D eigenvalue weighted by molar-refractivity contribution is 5.43. The van der Waals surface area contributed by atoms with Crippen molar-refractivity contribution in [1.82, 2.24) is 10.2 Å². The number of nitrogens with zero attached hydrogens (tertiary/aromatic N) is 1. The Labute approximate surface area is 141 Å². The summed E-state index contributed by atoms with van der Waals surface area (Å²) in [6.07, 6.45) is 3.65.